The molecular weight excluding hydrogens is 302 g/mol. The van der Waals surface area contributed by atoms with Crippen LogP contribution >= 0.6 is 15.9 Å². The van der Waals surface area contributed by atoms with Crippen LogP contribution in [0.25, 0.3) is 0 Å². The van der Waals surface area contributed by atoms with Crippen molar-refractivity contribution in [3.05, 3.63) is 15.9 Å². The molecule has 0 radical (unpaired) electrons. The Morgan fingerprint density at radius 3 is 2.42 bits per heavy atom. The number of aromatic nitrogens is 2. The molecule has 4 heteroatoms. The lowest BCUT2D eigenvalue weighted by Gasteiger charge is -2.26. The second kappa shape index (κ2) is 6.89. The second-order valence-corrected chi connectivity index (χ2v) is 6.61. The van der Waals surface area contributed by atoms with Gasteiger partial charge in [-0.15, -0.1) is 0 Å². The highest BCUT2D eigenvalue weighted by Gasteiger charge is 2.24. The molecule has 1 N–H and O–H groups in total. The third-order valence-corrected chi connectivity index (χ3v) is 5.55. The molecule has 1 fully saturated rings. The van der Waals surface area contributed by atoms with Gasteiger partial charge in [-0.25, -0.2) is 0 Å². The van der Waals surface area contributed by atoms with Gasteiger partial charge in [0.2, 0.25) is 0 Å². The van der Waals surface area contributed by atoms with Crippen LogP contribution < -0.4 is 5.32 Å². The number of aryl methyl sites for hydroxylation is 2. The van der Waals surface area contributed by atoms with E-state index in [1.165, 1.54) is 48.7 Å². The number of nitrogens with one attached hydrogen (secondary N) is 1. The van der Waals surface area contributed by atoms with Crippen molar-refractivity contribution in [2.45, 2.75) is 57.9 Å². The molecule has 2 rings (SSSR count). The Bertz CT molecular complexity index is 406. The van der Waals surface area contributed by atoms with E-state index >= 15 is 0 Å². The normalized spacial score (nSPS) is 19.4. The number of halogens is 1. The maximum atomic E-state index is 4.50. The van der Waals surface area contributed by atoms with E-state index in [0.29, 0.717) is 6.04 Å². The fourth-order valence-electron chi connectivity index (χ4n) is 3.33. The van der Waals surface area contributed by atoms with Crippen molar-refractivity contribution in [3.63, 3.8) is 0 Å². The van der Waals surface area contributed by atoms with Crippen LogP contribution in [-0.2, 0) is 13.5 Å². The number of hydrogen-bond donors (Lipinski definition) is 1. The summed E-state index contributed by atoms with van der Waals surface area (Å²) in [6, 6.07) is 0.573. The number of hydrogen-bond acceptors (Lipinski definition) is 2. The Morgan fingerprint density at radius 1 is 1.32 bits per heavy atom. The highest BCUT2D eigenvalue weighted by atomic mass is 79.9. The third kappa shape index (κ3) is 3.60. The van der Waals surface area contributed by atoms with E-state index < -0.39 is 0 Å². The smallest absolute Gasteiger partial charge is 0.0738 e. The summed E-state index contributed by atoms with van der Waals surface area (Å²) in [4.78, 5) is 0. The van der Waals surface area contributed by atoms with Gasteiger partial charge in [-0.2, -0.15) is 5.10 Å². The van der Waals surface area contributed by atoms with Crippen LogP contribution in [-0.4, -0.2) is 22.9 Å². The summed E-state index contributed by atoms with van der Waals surface area (Å²) in [6.45, 7) is 2.06. The average Bonchev–Trinajstić information content (AvgIpc) is 2.64. The van der Waals surface area contributed by atoms with E-state index in [-0.39, 0.29) is 0 Å². The fourth-order valence-corrected chi connectivity index (χ4v) is 3.83. The lowest BCUT2D eigenvalue weighted by Crippen LogP contribution is -2.36. The molecule has 0 aromatic carbocycles. The fraction of sp³-hybridized carbons (Fsp3) is 0.800. The van der Waals surface area contributed by atoms with Crippen LogP contribution in [0.5, 0.6) is 0 Å². The maximum absolute atomic E-state index is 4.50. The minimum atomic E-state index is 0.573. The van der Waals surface area contributed by atoms with Crippen molar-refractivity contribution in [2.75, 3.05) is 7.05 Å². The number of rotatable bonds is 4. The quantitative estimate of drug-likeness (QED) is 0.856. The molecule has 1 heterocycles. The molecule has 1 unspecified atom stereocenters. The van der Waals surface area contributed by atoms with Gasteiger partial charge in [0, 0.05) is 19.5 Å². The number of likely N-dealkylation sites (N-methyl/N-ethyl adjacent to an activating group) is 1. The van der Waals surface area contributed by atoms with Crippen LogP contribution in [0.4, 0.5) is 0 Å². The van der Waals surface area contributed by atoms with Crippen LogP contribution in [0.2, 0.25) is 0 Å². The molecular formula is C15H26BrN3. The van der Waals surface area contributed by atoms with E-state index in [2.05, 4.69) is 40.3 Å². The van der Waals surface area contributed by atoms with Gasteiger partial charge in [0.25, 0.3) is 0 Å². The monoisotopic (exact) mass is 327 g/mol. The van der Waals surface area contributed by atoms with Crippen molar-refractivity contribution in [3.8, 4) is 0 Å². The van der Waals surface area contributed by atoms with E-state index in [9.17, 15) is 0 Å². The first-order valence-corrected chi connectivity index (χ1v) is 8.28. The molecule has 1 aromatic rings. The zero-order valence-corrected chi connectivity index (χ0v) is 14.0. The van der Waals surface area contributed by atoms with Crippen molar-refractivity contribution < 1.29 is 0 Å². The maximum Gasteiger partial charge on any atom is 0.0738 e. The van der Waals surface area contributed by atoms with Crippen molar-refractivity contribution in [1.82, 2.24) is 15.1 Å². The van der Waals surface area contributed by atoms with Gasteiger partial charge in [0.05, 0.1) is 15.9 Å². The van der Waals surface area contributed by atoms with Gasteiger partial charge in [-0.3, -0.25) is 4.68 Å². The first-order chi connectivity index (χ1) is 9.13. The molecule has 0 aliphatic heterocycles. The Kier molecular flexibility index (Phi) is 5.46. The topological polar surface area (TPSA) is 29.9 Å². The van der Waals surface area contributed by atoms with Gasteiger partial charge in [0.15, 0.2) is 0 Å². The average molecular weight is 328 g/mol. The predicted molar refractivity (Wildman–Crippen MR) is 83.4 cm³/mol. The van der Waals surface area contributed by atoms with Gasteiger partial charge in [0.1, 0.15) is 0 Å². The van der Waals surface area contributed by atoms with Crippen molar-refractivity contribution in [1.29, 1.82) is 0 Å². The summed E-state index contributed by atoms with van der Waals surface area (Å²) in [5.41, 5.74) is 2.41. The third-order valence-electron chi connectivity index (χ3n) is 4.51. The van der Waals surface area contributed by atoms with Crippen LogP contribution in [0.15, 0.2) is 4.47 Å². The second-order valence-electron chi connectivity index (χ2n) is 5.82. The largest absolute Gasteiger partial charge is 0.316 e. The standard InChI is InChI=1S/C15H26BrN3/c1-11-15(16)14(19(3)18-11)10-13(17-2)12-8-6-4-5-7-9-12/h12-13,17H,4-10H2,1-3H3. The zero-order valence-electron chi connectivity index (χ0n) is 12.4. The van der Waals surface area contributed by atoms with E-state index in [0.717, 1.165) is 18.0 Å². The van der Waals surface area contributed by atoms with Gasteiger partial charge in [-0.05, 0) is 48.7 Å². The molecule has 1 atom stereocenters. The minimum absolute atomic E-state index is 0.573. The SMILES string of the molecule is CNC(Cc1c(Br)c(C)nn1C)C1CCCCCC1. The van der Waals surface area contributed by atoms with E-state index in [1.807, 2.05) is 11.7 Å². The van der Waals surface area contributed by atoms with Crippen molar-refractivity contribution >= 4 is 15.9 Å². The summed E-state index contributed by atoms with van der Waals surface area (Å²) < 4.78 is 3.21. The molecule has 1 aliphatic carbocycles. The Morgan fingerprint density at radius 2 is 1.95 bits per heavy atom. The molecule has 0 spiro atoms. The molecule has 0 amide bonds. The first kappa shape index (κ1) is 15.0. The summed E-state index contributed by atoms with van der Waals surface area (Å²) in [6.07, 6.45) is 9.45. The molecule has 0 saturated heterocycles. The van der Waals surface area contributed by atoms with Gasteiger partial charge < -0.3 is 5.32 Å². The zero-order chi connectivity index (χ0) is 13.8. The van der Waals surface area contributed by atoms with Crippen molar-refractivity contribution in [2.24, 2.45) is 13.0 Å². The highest BCUT2D eigenvalue weighted by molar-refractivity contribution is 9.10. The Hall–Kier alpha value is -0.350. The molecule has 1 saturated carbocycles. The van der Waals surface area contributed by atoms with Gasteiger partial charge >= 0.3 is 0 Å². The Balaban J connectivity index is 2.09. The van der Waals surface area contributed by atoms with Crippen LogP contribution in [0.1, 0.15) is 49.9 Å². The highest BCUT2D eigenvalue weighted by Crippen LogP contribution is 2.29. The lowest BCUT2D eigenvalue weighted by molar-refractivity contribution is 0.328. The molecule has 3 nitrogen and oxygen atoms in total. The molecule has 108 valence electrons. The lowest BCUT2D eigenvalue weighted by atomic mass is 9.89. The summed E-state index contributed by atoms with van der Waals surface area (Å²) >= 11 is 3.69. The Labute approximate surface area is 125 Å². The number of nitrogens with zero attached hydrogens (tertiary/aromatic N) is 2. The summed E-state index contributed by atoms with van der Waals surface area (Å²) in [7, 11) is 4.15. The van der Waals surface area contributed by atoms with E-state index in [4.69, 9.17) is 0 Å². The summed E-state index contributed by atoms with van der Waals surface area (Å²) in [5.74, 6) is 0.814. The predicted octanol–water partition coefficient (Wildman–Crippen LogP) is 3.59. The first-order valence-electron chi connectivity index (χ1n) is 7.48. The van der Waals surface area contributed by atoms with Crippen LogP contribution in [0.3, 0.4) is 0 Å². The summed E-state index contributed by atoms with van der Waals surface area (Å²) in [5, 5.41) is 8.05. The molecule has 19 heavy (non-hydrogen) atoms. The molecule has 1 aliphatic rings. The molecule has 1 aromatic heterocycles. The van der Waals surface area contributed by atoms with Gasteiger partial charge in [-0.1, -0.05) is 25.7 Å². The van der Waals surface area contributed by atoms with E-state index in [1.54, 1.807) is 0 Å². The van der Waals surface area contributed by atoms with Crippen LogP contribution in [0, 0.1) is 12.8 Å². The minimum Gasteiger partial charge on any atom is -0.316 e. The molecule has 0 bridgehead atoms.